The van der Waals surface area contributed by atoms with Gasteiger partial charge in [-0.3, -0.25) is 0 Å². The molecule has 4 nitrogen and oxygen atoms in total. The van der Waals surface area contributed by atoms with E-state index in [-0.39, 0.29) is 5.95 Å². The minimum absolute atomic E-state index is 0.245. The quantitative estimate of drug-likeness (QED) is 0.871. The Bertz CT molecular complexity index is 519. The average Bonchev–Trinajstić information content (AvgIpc) is 2.15. The molecule has 5 heteroatoms. The number of anilines is 1. The van der Waals surface area contributed by atoms with Gasteiger partial charge in [-0.25, -0.2) is 4.98 Å². The van der Waals surface area contributed by atoms with Crippen molar-refractivity contribution in [3.63, 3.8) is 0 Å². The molecule has 0 unspecified atom stereocenters. The number of nitrogens with zero attached hydrogens (tertiary/aromatic N) is 3. The zero-order chi connectivity index (χ0) is 11.7. The molecule has 1 heterocycles. The summed E-state index contributed by atoms with van der Waals surface area (Å²) < 4.78 is 0.956. The highest BCUT2D eigenvalue weighted by molar-refractivity contribution is 9.10. The van der Waals surface area contributed by atoms with Crippen LogP contribution in [0.3, 0.4) is 0 Å². The second-order valence-corrected chi connectivity index (χ2v) is 4.40. The van der Waals surface area contributed by atoms with Crippen LogP contribution in [0.4, 0.5) is 5.95 Å². The number of benzene rings is 1. The van der Waals surface area contributed by atoms with E-state index in [1.807, 2.05) is 25.1 Å². The topological polar surface area (TPSA) is 64.7 Å². The standard InChI is InChI=1S/C11H11BrN4/c1-6-3-4-8(9(12)5-6)10-14-7(2)15-11(13)16-10/h3-5H,1-2H3,(H2,13,14,15,16). The second kappa shape index (κ2) is 4.17. The zero-order valence-corrected chi connectivity index (χ0v) is 10.6. The van der Waals surface area contributed by atoms with E-state index in [4.69, 9.17) is 5.73 Å². The summed E-state index contributed by atoms with van der Waals surface area (Å²) in [5.41, 5.74) is 7.69. The maximum Gasteiger partial charge on any atom is 0.223 e. The molecule has 0 saturated carbocycles. The molecule has 1 aromatic carbocycles. The fraction of sp³-hybridized carbons (Fsp3) is 0.182. The number of hydrogen-bond acceptors (Lipinski definition) is 4. The van der Waals surface area contributed by atoms with Crippen LogP contribution in [-0.2, 0) is 0 Å². The van der Waals surface area contributed by atoms with Crippen molar-refractivity contribution in [2.45, 2.75) is 13.8 Å². The van der Waals surface area contributed by atoms with Gasteiger partial charge in [0.2, 0.25) is 5.95 Å². The molecule has 0 aliphatic carbocycles. The van der Waals surface area contributed by atoms with Crippen molar-refractivity contribution < 1.29 is 0 Å². The third kappa shape index (κ3) is 2.19. The fourth-order valence-electron chi connectivity index (χ4n) is 1.42. The van der Waals surface area contributed by atoms with E-state index in [0.717, 1.165) is 10.0 Å². The van der Waals surface area contributed by atoms with E-state index in [1.54, 1.807) is 6.92 Å². The summed E-state index contributed by atoms with van der Waals surface area (Å²) >= 11 is 3.49. The van der Waals surface area contributed by atoms with E-state index in [1.165, 1.54) is 5.56 Å². The molecule has 2 aromatic rings. The first kappa shape index (κ1) is 11.0. The molecule has 0 radical (unpaired) electrons. The first-order chi connectivity index (χ1) is 7.56. The van der Waals surface area contributed by atoms with Crippen LogP contribution in [-0.4, -0.2) is 15.0 Å². The zero-order valence-electron chi connectivity index (χ0n) is 9.03. The van der Waals surface area contributed by atoms with E-state index in [2.05, 4.69) is 30.9 Å². The van der Waals surface area contributed by atoms with Gasteiger partial charge in [-0.2, -0.15) is 9.97 Å². The lowest BCUT2D eigenvalue weighted by Crippen LogP contribution is -2.02. The lowest BCUT2D eigenvalue weighted by molar-refractivity contribution is 0.995. The van der Waals surface area contributed by atoms with Crippen LogP contribution in [0.2, 0.25) is 0 Å². The molecule has 0 bridgehead atoms. The molecule has 2 rings (SSSR count). The van der Waals surface area contributed by atoms with Gasteiger partial charge < -0.3 is 5.73 Å². The molecule has 0 spiro atoms. The van der Waals surface area contributed by atoms with Gasteiger partial charge in [-0.05, 0) is 31.5 Å². The lowest BCUT2D eigenvalue weighted by Gasteiger charge is -2.05. The summed E-state index contributed by atoms with van der Waals surface area (Å²) in [6, 6.07) is 5.99. The van der Waals surface area contributed by atoms with E-state index in [0.29, 0.717) is 11.6 Å². The van der Waals surface area contributed by atoms with Gasteiger partial charge >= 0.3 is 0 Å². The van der Waals surface area contributed by atoms with Gasteiger partial charge in [-0.1, -0.05) is 22.0 Å². The average molecular weight is 279 g/mol. The maximum atomic E-state index is 5.60. The molecule has 0 saturated heterocycles. The van der Waals surface area contributed by atoms with Crippen molar-refractivity contribution in [2.75, 3.05) is 5.73 Å². The number of aryl methyl sites for hydroxylation is 2. The molecule has 0 atom stereocenters. The Morgan fingerprint density at radius 3 is 2.50 bits per heavy atom. The van der Waals surface area contributed by atoms with Gasteiger partial charge in [0.05, 0.1) is 0 Å². The van der Waals surface area contributed by atoms with E-state index in [9.17, 15) is 0 Å². The van der Waals surface area contributed by atoms with Crippen LogP contribution in [0.15, 0.2) is 22.7 Å². The van der Waals surface area contributed by atoms with E-state index >= 15 is 0 Å². The molecule has 1 aromatic heterocycles. The van der Waals surface area contributed by atoms with Crippen molar-refractivity contribution >= 4 is 21.9 Å². The molecule has 2 N–H and O–H groups in total. The van der Waals surface area contributed by atoms with Crippen LogP contribution in [0, 0.1) is 13.8 Å². The van der Waals surface area contributed by atoms with Crippen LogP contribution in [0.1, 0.15) is 11.4 Å². The van der Waals surface area contributed by atoms with Crippen LogP contribution >= 0.6 is 15.9 Å². The summed E-state index contributed by atoms with van der Waals surface area (Å²) in [6.07, 6.45) is 0. The molecule has 0 aliphatic rings. The number of hydrogen-bond donors (Lipinski definition) is 1. The van der Waals surface area contributed by atoms with Crippen LogP contribution in [0.25, 0.3) is 11.4 Å². The Labute approximate surface area is 102 Å². The van der Waals surface area contributed by atoms with Crippen molar-refractivity contribution in [1.29, 1.82) is 0 Å². The Kier molecular flexibility index (Phi) is 2.87. The summed E-state index contributed by atoms with van der Waals surface area (Å²) in [6.45, 7) is 3.82. The summed E-state index contributed by atoms with van der Waals surface area (Å²) in [5.74, 6) is 1.46. The van der Waals surface area contributed by atoms with E-state index < -0.39 is 0 Å². The molecule has 0 aliphatic heterocycles. The minimum Gasteiger partial charge on any atom is -0.368 e. The van der Waals surface area contributed by atoms with Crippen LogP contribution < -0.4 is 5.73 Å². The monoisotopic (exact) mass is 278 g/mol. The third-order valence-corrected chi connectivity index (χ3v) is 2.79. The summed E-state index contributed by atoms with van der Waals surface area (Å²) in [4.78, 5) is 12.3. The molecular formula is C11H11BrN4. The molecule has 0 fully saturated rings. The first-order valence-electron chi connectivity index (χ1n) is 4.81. The number of halogens is 1. The summed E-state index contributed by atoms with van der Waals surface area (Å²) in [7, 11) is 0. The molecule has 82 valence electrons. The highest BCUT2D eigenvalue weighted by Crippen LogP contribution is 2.26. The molecule has 0 amide bonds. The van der Waals surface area contributed by atoms with Crippen molar-refractivity contribution in [1.82, 2.24) is 15.0 Å². The molecule has 16 heavy (non-hydrogen) atoms. The van der Waals surface area contributed by atoms with Crippen molar-refractivity contribution in [3.05, 3.63) is 34.1 Å². The number of rotatable bonds is 1. The van der Waals surface area contributed by atoms with Gasteiger partial charge in [0, 0.05) is 10.0 Å². The largest absolute Gasteiger partial charge is 0.368 e. The van der Waals surface area contributed by atoms with Crippen LogP contribution in [0.5, 0.6) is 0 Å². The van der Waals surface area contributed by atoms with Gasteiger partial charge in [0.15, 0.2) is 5.82 Å². The van der Waals surface area contributed by atoms with Crippen molar-refractivity contribution in [3.8, 4) is 11.4 Å². The predicted molar refractivity (Wildman–Crippen MR) is 66.8 cm³/mol. The lowest BCUT2D eigenvalue weighted by atomic mass is 10.1. The second-order valence-electron chi connectivity index (χ2n) is 3.55. The predicted octanol–water partition coefficient (Wildman–Crippen LogP) is 2.50. The SMILES string of the molecule is Cc1ccc(-c2nc(C)nc(N)n2)c(Br)c1. The van der Waals surface area contributed by atoms with Crippen molar-refractivity contribution in [2.24, 2.45) is 0 Å². The molecular weight excluding hydrogens is 268 g/mol. The first-order valence-corrected chi connectivity index (χ1v) is 5.60. The fourth-order valence-corrected chi connectivity index (χ4v) is 2.10. The Balaban J connectivity index is 2.58. The smallest absolute Gasteiger partial charge is 0.223 e. The van der Waals surface area contributed by atoms with Gasteiger partial charge in [0.25, 0.3) is 0 Å². The minimum atomic E-state index is 0.245. The Morgan fingerprint density at radius 1 is 1.12 bits per heavy atom. The number of nitrogen functional groups attached to an aromatic ring is 1. The Hall–Kier alpha value is -1.49. The highest BCUT2D eigenvalue weighted by atomic mass is 79.9. The Morgan fingerprint density at radius 2 is 1.88 bits per heavy atom. The normalized spacial score (nSPS) is 10.4. The number of nitrogens with two attached hydrogens (primary N) is 1. The highest BCUT2D eigenvalue weighted by Gasteiger charge is 2.08. The van der Waals surface area contributed by atoms with Gasteiger partial charge in [-0.15, -0.1) is 0 Å². The summed E-state index contributed by atoms with van der Waals surface area (Å²) in [5, 5.41) is 0. The maximum absolute atomic E-state index is 5.60. The van der Waals surface area contributed by atoms with Gasteiger partial charge in [0.1, 0.15) is 5.82 Å². The number of aromatic nitrogens is 3. The third-order valence-electron chi connectivity index (χ3n) is 2.13.